The summed E-state index contributed by atoms with van der Waals surface area (Å²) in [6.07, 6.45) is 3.01. The minimum absolute atomic E-state index is 0. The summed E-state index contributed by atoms with van der Waals surface area (Å²) in [7, 11) is 0. The smallest absolute Gasteiger partial charge is 0.133 e. The van der Waals surface area contributed by atoms with Gasteiger partial charge in [-0.15, -0.1) is 40.8 Å². The van der Waals surface area contributed by atoms with Gasteiger partial charge in [0.1, 0.15) is 5.76 Å². The average Bonchev–Trinajstić information content (AvgIpc) is 4.06. The summed E-state index contributed by atoms with van der Waals surface area (Å²) in [4.78, 5) is 9.36. The molecule has 6 aromatic carbocycles. The Balaban J connectivity index is 0.000000219. The van der Waals surface area contributed by atoms with E-state index in [-0.39, 0.29) is 31.2 Å². The first-order valence-electron chi connectivity index (χ1n) is 21.1. The second-order valence-corrected chi connectivity index (χ2v) is 14.2. The molecule has 10 rings (SSSR count). The van der Waals surface area contributed by atoms with E-state index >= 15 is 0 Å². The second-order valence-electron chi connectivity index (χ2n) is 13.4. The average molecular weight is 938 g/mol. The molecule has 4 aromatic heterocycles. The fourth-order valence-corrected chi connectivity index (χ4v) is 7.81. The number of fused-ring (bicyclic) bond motifs is 2. The van der Waals surface area contributed by atoms with E-state index in [1.165, 1.54) is 30.0 Å². The van der Waals surface area contributed by atoms with Crippen molar-refractivity contribution in [1.82, 2.24) is 14.5 Å². The predicted molar refractivity (Wildman–Crippen MR) is 232 cm³/mol. The van der Waals surface area contributed by atoms with Crippen molar-refractivity contribution in [3.05, 3.63) is 198 Å². The Hall–Kier alpha value is -6.17. The van der Waals surface area contributed by atoms with Gasteiger partial charge < -0.3 is 14.0 Å². The third kappa shape index (κ3) is 7.68. The standard InChI is InChI=1S/C38H25N2OS.C13H12N.Ir/c1-25-21-29(26-11-4-2-5-12-26)37(30(22-25)27-13-6-3-7-14-27)40-34-16-9-8-15-33(34)39-38(40)32-24-42-36-19-18-28(23-31(32)36)35-17-10-20-41-35;1-10-3-6-12(7-4-10)13-8-5-11(2)9-14-13;/h2-23H,1H3;3-6,8-9H,1-2H3;/q2*-1;/i;1D3,2D3;. The molecule has 0 aliphatic carbocycles. The first-order chi connectivity index (χ1) is 29.9. The third-order valence-corrected chi connectivity index (χ3v) is 10.5. The van der Waals surface area contributed by atoms with Crippen LogP contribution in [0.5, 0.6) is 0 Å². The van der Waals surface area contributed by atoms with Crippen molar-refractivity contribution in [2.45, 2.75) is 20.6 Å². The van der Waals surface area contributed by atoms with Crippen molar-refractivity contribution in [1.29, 1.82) is 0 Å². The fraction of sp³-hybridized carbons (Fsp3) is 0.0588. The molecule has 0 bridgehead atoms. The summed E-state index contributed by atoms with van der Waals surface area (Å²) in [6.45, 7) is -2.17. The maximum absolute atomic E-state index is 7.28. The number of para-hydroxylation sites is 2. The number of hydrogen-bond donors (Lipinski definition) is 0. The molecule has 279 valence electrons. The zero-order valence-electron chi connectivity index (χ0n) is 36.7. The largest absolute Gasteiger partial charge is 0.464 e. The monoisotopic (exact) mass is 938 g/mol. The summed E-state index contributed by atoms with van der Waals surface area (Å²) in [5.41, 5.74) is 12.5. The van der Waals surface area contributed by atoms with Gasteiger partial charge in [-0.25, -0.2) is 0 Å². The molecule has 0 aliphatic rings. The van der Waals surface area contributed by atoms with Crippen molar-refractivity contribution in [3.63, 3.8) is 0 Å². The zero-order valence-corrected chi connectivity index (χ0v) is 33.9. The molecule has 0 amide bonds. The first kappa shape index (κ1) is 31.0. The van der Waals surface area contributed by atoms with Gasteiger partial charge in [0, 0.05) is 51.2 Å². The van der Waals surface area contributed by atoms with Crippen LogP contribution in [-0.2, 0) is 20.1 Å². The quantitative estimate of drug-likeness (QED) is 0.156. The molecule has 1 radical (unpaired) electrons. The van der Waals surface area contributed by atoms with Gasteiger partial charge in [0.15, 0.2) is 0 Å². The van der Waals surface area contributed by atoms with E-state index in [0.717, 1.165) is 71.8 Å². The van der Waals surface area contributed by atoms with Crippen LogP contribution in [0.15, 0.2) is 175 Å². The zero-order chi connectivity index (χ0) is 43.0. The van der Waals surface area contributed by atoms with Crippen LogP contribution in [0, 0.1) is 32.1 Å². The van der Waals surface area contributed by atoms with Crippen LogP contribution in [0.25, 0.3) is 83.0 Å². The molecule has 0 unspecified atom stereocenters. The Morgan fingerprint density at radius 3 is 2.05 bits per heavy atom. The fourth-order valence-electron chi connectivity index (χ4n) is 6.99. The number of aryl methyl sites for hydroxylation is 3. The van der Waals surface area contributed by atoms with E-state index < -0.39 is 13.7 Å². The summed E-state index contributed by atoms with van der Waals surface area (Å²) in [6, 6.07) is 55.1. The Morgan fingerprint density at radius 1 is 0.684 bits per heavy atom. The summed E-state index contributed by atoms with van der Waals surface area (Å²) in [5.74, 6) is 1.72. The van der Waals surface area contributed by atoms with Crippen LogP contribution in [0.4, 0.5) is 0 Å². The molecule has 4 heterocycles. The Bertz CT molecular complexity index is 3030. The van der Waals surface area contributed by atoms with E-state index in [4.69, 9.17) is 17.6 Å². The molecule has 0 aliphatic heterocycles. The number of hydrogen-bond acceptors (Lipinski definition) is 4. The Kier molecular flexibility index (Phi) is 8.97. The van der Waals surface area contributed by atoms with Gasteiger partial charge in [0.25, 0.3) is 0 Å². The van der Waals surface area contributed by atoms with Crippen LogP contribution in [0.1, 0.15) is 24.9 Å². The predicted octanol–water partition coefficient (Wildman–Crippen LogP) is 13.8. The Morgan fingerprint density at radius 2 is 1.40 bits per heavy atom. The van der Waals surface area contributed by atoms with Gasteiger partial charge in [-0.2, -0.15) is 0 Å². The van der Waals surface area contributed by atoms with Gasteiger partial charge in [-0.1, -0.05) is 126 Å². The van der Waals surface area contributed by atoms with Crippen LogP contribution in [0.3, 0.4) is 0 Å². The number of aromatic nitrogens is 3. The van der Waals surface area contributed by atoms with E-state index in [1.807, 2.05) is 12.1 Å². The normalized spacial score (nSPS) is 12.9. The van der Waals surface area contributed by atoms with Crippen LogP contribution in [0.2, 0.25) is 0 Å². The second kappa shape index (κ2) is 16.5. The van der Waals surface area contributed by atoms with Gasteiger partial charge in [0.05, 0.1) is 28.8 Å². The molecular weight excluding hydrogens is 895 g/mol. The number of pyridine rings is 1. The SMILES string of the molecule is Cc1cc(-c2ccccc2)c(-n2c(-c3[c-]sc4ccc(-c5ccco5)cc34)nc3ccccc32)c(-c2ccccc2)c1.[2H]C([2H])([2H])c1c[c-]c(-c2ccc(C([2H])([2H])[2H])cn2)cc1.[Ir]. The number of nitrogens with zero attached hydrogens (tertiary/aromatic N) is 3. The van der Waals surface area contributed by atoms with E-state index in [2.05, 4.69) is 143 Å². The van der Waals surface area contributed by atoms with Gasteiger partial charge in [-0.3, -0.25) is 16.3 Å². The third-order valence-electron chi connectivity index (χ3n) is 9.60. The molecular formula is C51H37IrN3OS-2. The minimum Gasteiger partial charge on any atom is -0.464 e. The molecule has 57 heavy (non-hydrogen) atoms. The molecule has 0 spiro atoms. The van der Waals surface area contributed by atoms with Crippen molar-refractivity contribution in [2.75, 3.05) is 0 Å². The van der Waals surface area contributed by atoms with Gasteiger partial charge >= 0.3 is 0 Å². The van der Waals surface area contributed by atoms with E-state index in [1.54, 1.807) is 29.7 Å². The molecule has 6 heteroatoms. The molecule has 0 N–H and O–H groups in total. The minimum atomic E-state index is -2.18. The van der Waals surface area contributed by atoms with Crippen molar-refractivity contribution >= 4 is 32.5 Å². The number of imidazole rings is 1. The van der Waals surface area contributed by atoms with Gasteiger partial charge in [-0.05, 0) is 78.1 Å². The summed E-state index contributed by atoms with van der Waals surface area (Å²) in [5, 5.41) is 4.74. The molecule has 0 saturated heterocycles. The van der Waals surface area contributed by atoms with E-state index in [0.29, 0.717) is 11.3 Å². The summed E-state index contributed by atoms with van der Waals surface area (Å²) >= 11 is 1.62. The molecule has 4 nitrogen and oxygen atoms in total. The van der Waals surface area contributed by atoms with Crippen molar-refractivity contribution in [2.24, 2.45) is 0 Å². The first-order valence-corrected chi connectivity index (χ1v) is 18.9. The molecule has 0 saturated carbocycles. The van der Waals surface area contributed by atoms with Crippen LogP contribution >= 0.6 is 11.3 Å². The topological polar surface area (TPSA) is 43.9 Å². The van der Waals surface area contributed by atoms with Crippen molar-refractivity contribution < 1.29 is 32.7 Å². The summed E-state index contributed by atoms with van der Waals surface area (Å²) < 4.78 is 52.9. The molecule has 0 fully saturated rings. The van der Waals surface area contributed by atoms with Crippen molar-refractivity contribution in [3.8, 4) is 61.9 Å². The number of benzene rings is 6. The maximum atomic E-state index is 7.28. The Labute approximate surface area is 358 Å². The van der Waals surface area contributed by atoms with Crippen LogP contribution < -0.4 is 0 Å². The van der Waals surface area contributed by atoms with Gasteiger partial charge in [0.2, 0.25) is 0 Å². The van der Waals surface area contributed by atoms with E-state index in [9.17, 15) is 0 Å². The number of furan rings is 1. The molecule has 0 atom stereocenters. The number of thiophene rings is 1. The van der Waals surface area contributed by atoms with Crippen LogP contribution in [-0.4, -0.2) is 14.5 Å². The molecule has 10 aromatic rings. The number of rotatable bonds is 6. The maximum Gasteiger partial charge on any atom is 0.133 e.